The van der Waals surface area contributed by atoms with Crippen LogP contribution in [0.1, 0.15) is 19.9 Å². The fourth-order valence-corrected chi connectivity index (χ4v) is 2.96. The van der Waals surface area contributed by atoms with E-state index in [9.17, 15) is 8.42 Å². The lowest BCUT2D eigenvalue weighted by Gasteiger charge is -2.12. The monoisotopic (exact) mass is 363 g/mol. The fraction of sp³-hybridized carbons (Fsp3) is 0.273. The average Bonchev–Trinajstić information content (AvgIpc) is 2.74. The minimum atomic E-state index is -3.92. The molecular formula is C11H11BrClN3O2S. The molecule has 8 heteroatoms. The van der Waals surface area contributed by atoms with Crippen LogP contribution in [0.3, 0.4) is 0 Å². The zero-order valence-corrected chi connectivity index (χ0v) is 13.4. The highest BCUT2D eigenvalue weighted by molar-refractivity contribution is 9.10. The van der Waals surface area contributed by atoms with Gasteiger partial charge >= 0.3 is 0 Å². The molecule has 0 fully saturated rings. The van der Waals surface area contributed by atoms with Crippen molar-refractivity contribution in [3.8, 4) is 11.4 Å². The SMILES string of the molecule is CC(C)n1c(-c2ccc(Br)cc2)nnc1S(=O)(=O)Cl. The Hall–Kier alpha value is -0.920. The second kappa shape index (κ2) is 5.22. The van der Waals surface area contributed by atoms with Gasteiger partial charge < -0.3 is 0 Å². The van der Waals surface area contributed by atoms with Gasteiger partial charge in [-0.05, 0) is 26.0 Å². The lowest BCUT2D eigenvalue weighted by Crippen LogP contribution is -2.10. The molecular weight excluding hydrogens is 354 g/mol. The van der Waals surface area contributed by atoms with Crippen molar-refractivity contribution < 1.29 is 8.42 Å². The summed E-state index contributed by atoms with van der Waals surface area (Å²) in [6, 6.07) is 7.24. The van der Waals surface area contributed by atoms with Crippen LogP contribution in [0.2, 0.25) is 0 Å². The Bertz CT molecular complexity index is 695. The molecule has 19 heavy (non-hydrogen) atoms. The predicted octanol–water partition coefficient (Wildman–Crippen LogP) is 3.22. The maximum Gasteiger partial charge on any atom is 0.296 e. The van der Waals surface area contributed by atoms with Crippen molar-refractivity contribution in [2.45, 2.75) is 25.0 Å². The average molecular weight is 365 g/mol. The standard InChI is InChI=1S/C11H11BrClN3O2S/c1-7(2)16-10(8-3-5-9(12)6-4-8)14-15-11(16)19(13,17)18/h3-7H,1-2H3. The summed E-state index contributed by atoms with van der Waals surface area (Å²) in [7, 11) is 1.45. The van der Waals surface area contributed by atoms with Gasteiger partial charge in [-0.3, -0.25) is 4.57 Å². The van der Waals surface area contributed by atoms with E-state index in [1.165, 1.54) is 4.57 Å². The summed E-state index contributed by atoms with van der Waals surface area (Å²) < 4.78 is 25.4. The third-order valence-electron chi connectivity index (χ3n) is 2.50. The van der Waals surface area contributed by atoms with E-state index < -0.39 is 9.05 Å². The largest absolute Gasteiger partial charge is 0.296 e. The number of hydrogen-bond donors (Lipinski definition) is 0. The molecule has 0 saturated carbocycles. The summed E-state index contributed by atoms with van der Waals surface area (Å²) in [5, 5.41) is 7.39. The minimum absolute atomic E-state index is 0.128. The molecule has 102 valence electrons. The Morgan fingerprint density at radius 3 is 2.26 bits per heavy atom. The number of halogens is 2. The summed E-state index contributed by atoms with van der Waals surface area (Å²) in [5.74, 6) is 0.474. The molecule has 0 unspecified atom stereocenters. The Labute approximate surface area is 124 Å². The molecule has 0 aliphatic carbocycles. The molecule has 1 heterocycles. The number of rotatable bonds is 3. The van der Waals surface area contributed by atoms with Gasteiger partial charge in [0.25, 0.3) is 14.2 Å². The summed E-state index contributed by atoms with van der Waals surface area (Å²) in [4.78, 5) is 0. The molecule has 0 saturated heterocycles. The quantitative estimate of drug-likeness (QED) is 0.784. The van der Waals surface area contributed by atoms with Crippen molar-refractivity contribution in [1.29, 1.82) is 0 Å². The Balaban J connectivity index is 2.65. The molecule has 0 spiro atoms. The highest BCUT2D eigenvalue weighted by atomic mass is 79.9. The number of hydrogen-bond acceptors (Lipinski definition) is 4. The first-order valence-corrected chi connectivity index (χ1v) is 8.56. The lowest BCUT2D eigenvalue weighted by molar-refractivity contribution is 0.530. The highest BCUT2D eigenvalue weighted by Crippen LogP contribution is 2.27. The minimum Gasteiger partial charge on any atom is -0.294 e. The van der Waals surface area contributed by atoms with E-state index in [2.05, 4.69) is 26.1 Å². The zero-order valence-electron chi connectivity index (χ0n) is 10.2. The van der Waals surface area contributed by atoms with Crippen LogP contribution >= 0.6 is 26.6 Å². The van der Waals surface area contributed by atoms with Gasteiger partial charge in [-0.1, -0.05) is 28.1 Å². The Morgan fingerprint density at radius 1 is 1.21 bits per heavy atom. The molecule has 2 aromatic rings. The number of benzene rings is 1. The molecule has 0 radical (unpaired) electrons. The third-order valence-corrected chi connectivity index (χ3v) is 4.16. The van der Waals surface area contributed by atoms with Crippen LogP contribution in [0.15, 0.2) is 33.9 Å². The summed E-state index contributed by atoms with van der Waals surface area (Å²) in [5.41, 5.74) is 0.774. The van der Waals surface area contributed by atoms with Crippen LogP contribution in [0.5, 0.6) is 0 Å². The molecule has 1 aromatic carbocycles. The van der Waals surface area contributed by atoms with Gasteiger partial charge in [-0.2, -0.15) is 0 Å². The van der Waals surface area contributed by atoms with Crippen LogP contribution < -0.4 is 0 Å². The van der Waals surface area contributed by atoms with E-state index in [1.54, 1.807) is 0 Å². The summed E-state index contributed by atoms with van der Waals surface area (Å²) in [6.45, 7) is 3.69. The molecule has 0 atom stereocenters. The van der Waals surface area contributed by atoms with Gasteiger partial charge in [0.05, 0.1) is 0 Å². The first-order valence-electron chi connectivity index (χ1n) is 5.46. The van der Waals surface area contributed by atoms with Gasteiger partial charge in [-0.25, -0.2) is 8.42 Å². The van der Waals surface area contributed by atoms with Gasteiger partial charge in [0.2, 0.25) is 0 Å². The molecule has 5 nitrogen and oxygen atoms in total. The normalized spacial score (nSPS) is 12.1. The maximum atomic E-state index is 11.5. The molecule has 0 bridgehead atoms. The smallest absolute Gasteiger partial charge is 0.294 e. The summed E-state index contributed by atoms with van der Waals surface area (Å²) in [6.07, 6.45) is 0. The molecule has 1 aromatic heterocycles. The Morgan fingerprint density at radius 2 is 1.79 bits per heavy atom. The van der Waals surface area contributed by atoms with Crippen molar-refractivity contribution in [2.24, 2.45) is 0 Å². The van der Waals surface area contributed by atoms with E-state index >= 15 is 0 Å². The fourth-order valence-electron chi connectivity index (χ4n) is 1.70. The van der Waals surface area contributed by atoms with Gasteiger partial charge in [0.15, 0.2) is 5.82 Å². The van der Waals surface area contributed by atoms with Crippen molar-refractivity contribution in [1.82, 2.24) is 14.8 Å². The topological polar surface area (TPSA) is 64.8 Å². The zero-order chi connectivity index (χ0) is 14.2. The van der Waals surface area contributed by atoms with Gasteiger partial charge in [0.1, 0.15) is 0 Å². The van der Waals surface area contributed by atoms with Crippen molar-refractivity contribution in [3.63, 3.8) is 0 Å². The van der Waals surface area contributed by atoms with E-state index in [0.717, 1.165) is 10.0 Å². The number of nitrogens with zero attached hydrogens (tertiary/aromatic N) is 3. The Kier molecular flexibility index (Phi) is 3.98. The molecule has 2 rings (SSSR count). The molecule has 0 aliphatic heterocycles. The highest BCUT2D eigenvalue weighted by Gasteiger charge is 2.24. The predicted molar refractivity (Wildman–Crippen MR) is 76.6 cm³/mol. The second-order valence-electron chi connectivity index (χ2n) is 4.21. The maximum absolute atomic E-state index is 11.5. The third kappa shape index (κ3) is 2.98. The molecule has 0 amide bonds. The van der Waals surface area contributed by atoms with Gasteiger partial charge in [-0.15, -0.1) is 10.2 Å². The van der Waals surface area contributed by atoms with E-state index in [4.69, 9.17) is 10.7 Å². The number of aromatic nitrogens is 3. The van der Waals surface area contributed by atoms with Crippen molar-refractivity contribution >= 4 is 35.7 Å². The van der Waals surface area contributed by atoms with E-state index in [-0.39, 0.29) is 11.2 Å². The van der Waals surface area contributed by atoms with E-state index in [0.29, 0.717) is 5.82 Å². The van der Waals surface area contributed by atoms with Crippen LogP contribution in [-0.4, -0.2) is 23.2 Å². The molecule has 0 N–H and O–H groups in total. The molecule has 0 aliphatic rings. The van der Waals surface area contributed by atoms with Crippen LogP contribution in [0.25, 0.3) is 11.4 Å². The van der Waals surface area contributed by atoms with Crippen molar-refractivity contribution in [2.75, 3.05) is 0 Å². The second-order valence-corrected chi connectivity index (χ2v) is 7.59. The van der Waals surface area contributed by atoms with E-state index in [1.807, 2.05) is 38.1 Å². The van der Waals surface area contributed by atoms with Crippen LogP contribution in [-0.2, 0) is 9.05 Å². The van der Waals surface area contributed by atoms with Crippen LogP contribution in [0, 0.1) is 0 Å². The van der Waals surface area contributed by atoms with Gasteiger partial charge in [0, 0.05) is 26.8 Å². The summed E-state index contributed by atoms with van der Waals surface area (Å²) >= 11 is 3.34. The van der Waals surface area contributed by atoms with Crippen LogP contribution in [0.4, 0.5) is 0 Å². The first kappa shape index (κ1) is 14.5. The first-order chi connectivity index (χ1) is 8.80. The van der Waals surface area contributed by atoms with Crippen molar-refractivity contribution in [3.05, 3.63) is 28.7 Å². The lowest BCUT2D eigenvalue weighted by atomic mass is 10.2.